The van der Waals surface area contributed by atoms with Crippen LogP contribution in [-0.4, -0.2) is 19.5 Å². The molecule has 1 rings (SSSR count). The molecule has 0 saturated carbocycles. The van der Waals surface area contributed by atoms with Gasteiger partial charge in [-0.05, 0) is 18.9 Å². The Balaban J connectivity index is 2.48. The molecule has 3 heteroatoms. The Morgan fingerprint density at radius 1 is 0.786 bits per heavy atom. The van der Waals surface area contributed by atoms with Gasteiger partial charge in [-0.15, -0.1) is 6.42 Å². The third-order valence-corrected chi connectivity index (χ3v) is 4.91. The molecule has 0 heterocycles. The topological polar surface area (TPSA) is 35.5 Å². The summed E-state index contributed by atoms with van der Waals surface area (Å²) >= 11 is 0. The van der Waals surface area contributed by atoms with E-state index in [1.165, 1.54) is 51.4 Å². The van der Waals surface area contributed by atoms with Crippen molar-refractivity contribution in [2.45, 2.75) is 90.9 Å². The lowest BCUT2D eigenvalue weighted by atomic mass is 10.1. The molecule has 0 aliphatic carbocycles. The van der Waals surface area contributed by atoms with Gasteiger partial charge in [-0.3, -0.25) is 4.79 Å². The maximum Gasteiger partial charge on any atom is 0.153 e. The van der Waals surface area contributed by atoms with E-state index in [9.17, 15) is 4.79 Å². The van der Waals surface area contributed by atoms with Crippen molar-refractivity contribution >= 4 is 6.29 Å². The number of benzene rings is 1. The van der Waals surface area contributed by atoms with Crippen molar-refractivity contribution < 1.29 is 14.3 Å². The van der Waals surface area contributed by atoms with E-state index in [0.717, 1.165) is 32.0 Å². The molecule has 0 N–H and O–H groups in total. The first-order valence-electron chi connectivity index (χ1n) is 11.1. The zero-order chi connectivity index (χ0) is 20.5. The number of rotatable bonds is 17. The minimum Gasteiger partial charge on any atom is -0.493 e. The van der Waals surface area contributed by atoms with E-state index in [1.807, 2.05) is 0 Å². The van der Waals surface area contributed by atoms with E-state index in [1.54, 1.807) is 12.1 Å². The summed E-state index contributed by atoms with van der Waals surface area (Å²) in [5.74, 6) is 3.82. The van der Waals surface area contributed by atoms with Gasteiger partial charge < -0.3 is 9.47 Å². The molecule has 0 unspecified atom stereocenters. The van der Waals surface area contributed by atoms with E-state index in [2.05, 4.69) is 19.8 Å². The zero-order valence-electron chi connectivity index (χ0n) is 17.9. The second kappa shape index (κ2) is 16.0. The molecule has 0 atom stereocenters. The van der Waals surface area contributed by atoms with Gasteiger partial charge in [0.15, 0.2) is 6.29 Å². The van der Waals surface area contributed by atoms with Gasteiger partial charge in [-0.1, -0.05) is 84.0 Å². The summed E-state index contributed by atoms with van der Waals surface area (Å²) in [7, 11) is 0. The quantitative estimate of drug-likeness (QED) is 0.165. The number of carbonyl (C=O) groups excluding carboxylic acids is 1. The van der Waals surface area contributed by atoms with Crippen LogP contribution < -0.4 is 9.47 Å². The number of carbonyl (C=O) groups is 1. The van der Waals surface area contributed by atoms with Crippen LogP contribution in [0.4, 0.5) is 0 Å². The fourth-order valence-electron chi connectivity index (χ4n) is 3.15. The summed E-state index contributed by atoms with van der Waals surface area (Å²) in [4.78, 5) is 11.5. The van der Waals surface area contributed by atoms with Crippen LogP contribution in [0.2, 0.25) is 0 Å². The van der Waals surface area contributed by atoms with Crippen LogP contribution in [0, 0.1) is 12.3 Å². The standard InChI is InChI=1S/C25H38O3/c1-4-7-9-11-13-15-17-27-24-20-23(21-26)25(19-22(24)6-3)28-18-16-14-12-10-8-5-2/h3,19-21H,4-5,7-18H2,1-2H3. The molecule has 0 amide bonds. The molecule has 0 aliphatic rings. The molecule has 0 radical (unpaired) electrons. The van der Waals surface area contributed by atoms with Gasteiger partial charge in [0.25, 0.3) is 0 Å². The number of unbranched alkanes of at least 4 members (excludes halogenated alkanes) is 10. The number of hydrogen-bond donors (Lipinski definition) is 0. The Bertz CT molecular complexity index is 586. The zero-order valence-corrected chi connectivity index (χ0v) is 17.9. The van der Waals surface area contributed by atoms with Gasteiger partial charge in [0.2, 0.25) is 0 Å². The molecule has 3 nitrogen and oxygen atoms in total. The Morgan fingerprint density at radius 3 is 1.79 bits per heavy atom. The highest BCUT2D eigenvalue weighted by molar-refractivity contribution is 5.81. The highest BCUT2D eigenvalue weighted by atomic mass is 16.5. The second-order valence-electron chi connectivity index (χ2n) is 7.38. The SMILES string of the molecule is C#Cc1cc(OCCCCCCCC)c(C=O)cc1OCCCCCCCC. The van der Waals surface area contributed by atoms with Crippen LogP contribution in [0.25, 0.3) is 0 Å². The van der Waals surface area contributed by atoms with E-state index >= 15 is 0 Å². The largest absolute Gasteiger partial charge is 0.493 e. The Morgan fingerprint density at radius 2 is 1.29 bits per heavy atom. The Hall–Kier alpha value is -1.95. The summed E-state index contributed by atoms with van der Waals surface area (Å²) in [6.45, 7) is 5.66. The summed E-state index contributed by atoms with van der Waals surface area (Å²) in [6, 6.07) is 3.48. The predicted octanol–water partition coefficient (Wildman–Crippen LogP) is 6.96. The Kier molecular flexibility index (Phi) is 13.8. The lowest BCUT2D eigenvalue weighted by molar-refractivity contribution is 0.111. The average Bonchev–Trinajstić information content (AvgIpc) is 2.72. The van der Waals surface area contributed by atoms with Gasteiger partial charge in [0, 0.05) is 6.07 Å². The summed E-state index contributed by atoms with van der Waals surface area (Å²) in [5.41, 5.74) is 1.15. The molecule has 0 bridgehead atoms. The minimum absolute atomic E-state index is 0.503. The minimum atomic E-state index is 0.503. The van der Waals surface area contributed by atoms with Crippen molar-refractivity contribution in [2.75, 3.05) is 13.2 Å². The monoisotopic (exact) mass is 386 g/mol. The number of aldehydes is 1. The summed E-state index contributed by atoms with van der Waals surface area (Å²) in [6.07, 6.45) is 20.9. The van der Waals surface area contributed by atoms with Gasteiger partial charge in [-0.25, -0.2) is 0 Å². The first kappa shape index (κ1) is 24.1. The van der Waals surface area contributed by atoms with E-state index in [0.29, 0.717) is 35.8 Å². The van der Waals surface area contributed by atoms with Crippen molar-refractivity contribution in [3.63, 3.8) is 0 Å². The third kappa shape index (κ3) is 9.83. The molecule has 0 spiro atoms. The van der Waals surface area contributed by atoms with Crippen LogP contribution in [0.5, 0.6) is 11.5 Å². The summed E-state index contributed by atoms with van der Waals surface area (Å²) in [5, 5.41) is 0. The molecular formula is C25H38O3. The van der Waals surface area contributed by atoms with Crippen molar-refractivity contribution in [2.24, 2.45) is 0 Å². The van der Waals surface area contributed by atoms with Crippen LogP contribution >= 0.6 is 0 Å². The fourth-order valence-corrected chi connectivity index (χ4v) is 3.15. The highest BCUT2D eigenvalue weighted by Crippen LogP contribution is 2.28. The first-order valence-corrected chi connectivity index (χ1v) is 11.1. The molecule has 0 aromatic heterocycles. The van der Waals surface area contributed by atoms with Gasteiger partial charge >= 0.3 is 0 Å². The summed E-state index contributed by atoms with van der Waals surface area (Å²) < 4.78 is 11.7. The molecule has 28 heavy (non-hydrogen) atoms. The van der Waals surface area contributed by atoms with E-state index < -0.39 is 0 Å². The average molecular weight is 387 g/mol. The van der Waals surface area contributed by atoms with Gasteiger partial charge in [0.1, 0.15) is 11.5 Å². The Labute approximate surface area is 172 Å². The fraction of sp³-hybridized carbons (Fsp3) is 0.640. The lowest BCUT2D eigenvalue weighted by Gasteiger charge is -2.13. The molecule has 0 aliphatic heterocycles. The van der Waals surface area contributed by atoms with Crippen molar-refractivity contribution in [3.8, 4) is 23.8 Å². The molecular weight excluding hydrogens is 348 g/mol. The maximum atomic E-state index is 11.5. The lowest BCUT2D eigenvalue weighted by Crippen LogP contribution is -2.04. The van der Waals surface area contributed by atoms with Crippen LogP contribution in [-0.2, 0) is 0 Å². The maximum absolute atomic E-state index is 11.5. The first-order chi connectivity index (χ1) is 13.8. The normalized spacial score (nSPS) is 10.5. The smallest absolute Gasteiger partial charge is 0.153 e. The predicted molar refractivity (Wildman–Crippen MR) is 118 cm³/mol. The van der Waals surface area contributed by atoms with Gasteiger partial charge in [0.05, 0.1) is 24.3 Å². The second-order valence-corrected chi connectivity index (χ2v) is 7.38. The molecule has 1 aromatic rings. The van der Waals surface area contributed by atoms with Crippen LogP contribution in [0.1, 0.15) is 107 Å². The van der Waals surface area contributed by atoms with Crippen molar-refractivity contribution in [1.29, 1.82) is 0 Å². The molecule has 156 valence electrons. The van der Waals surface area contributed by atoms with E-state index in [4.69, 9.17) is 15.9 Å². The number of terminal acetylenes is 1. The molecule has 0 fully saturated rings. The van der Waals surface area contributed by atoms with Crippen LogP contribution in [0.3, 0.4) is 0 Å². The number of ether oxygens (including phenoxy) is 2. The van der Waals surface area contributed by atoms with Crippen molar-refractivity contribution in [3.05, 3.63) is 23.3 Å². The van der Waals surface area contributed by atoms with Gasteiger partial charge in [-0.2, -0.15) is 0 Å². The highest BCUT2D eigenvalue weighted by Gasteiger charge is 2.11. The van der Waals surface area contributed by atoms with Crippen molar-refractivity contribution in [1.82, 2.24) is 0 Å². The number of hydrogen-bond acceptors (Lipinski definition) is 3. The third-order valence-electron chi connectivity index (χ3n) is 4.91. The molecule has 0 saturated heterocycles. The van der Waals surface area contributed by atoms with Crippen LogP contribution in [0.15, 0.2) is 12.1 Å². The molecule has 1 aromatic carbocycles. The van der Waals surface area contributed by atoms with E-state index in [-0.39, 0.29) is 0 Å².